The number of carbonyl (C=O) groups excluding carboxylic acids is 1. The summed E-state index contributed by atoms with van der Waals surface area (Å²) < 4.78 is 5.80. The Kier molecular flexibility index (Phi) is 5.71. The molecule has 1 aliphatic rings. The second kappa shape index (κ2) is 9.12. The predicted octanol–water partition coefficient (Wildman–Crippen LogP) is 4.86. The largest absolute Gasteiger partial charge is 0.439 e. The maximum Gasteiger partial charge on any atom is 0.245 e. The van der Waals surface area contributed by atoms with Gasteiger partial charge < -0.3 is 9.64 Å². The van der Waals surface area contributed by atoms with Crippen LogP contribution in [-0.4, -0.2) is 38.8 Å². The first-order chi connectivity index (χ1) is 16.6. The number of fused-ring (bicyclic) bond motifs is 1. The van der Waals surface area contributed by atoms with Crippen LogP contribution in [0.3, 0.4) is 0 Å². The van der Waals surface area contributed by atoms with Crippen LogP contribution in [0.15, 0.2) is 79.9 Å². The Bertz CT molecular complexity index is 1430. The maximum absolute atomic E-state index is 12.1. The SMILES string of the molecule is C=CC(=O)N1CCC(c2cc(-c3ccc(Oc4cccc(C#N)c4)nc3)cc3cncnc23)C1. The number of pyridine rings is 1. The van der Waals surface area contributed by atoms with Crippen LogP contribution < -0.4 is 4.74 Å². The number of nitriles is 1. The molecule has 3 heterocycles. The van der Waals surface area contributed by atoms with Crippen molar-refractivity contribution in [3.63, 3.8) is 0 Å². The summed E-state index contributed by atoms with van der Waals surface area (Å²) in [6, 6.07) is 17.0. The summed E-state index contributed by atoms with van der Waals surface area (Å²) in [6.45, 7) is 4.95. The smallest absolute Gasteiger partial charge is 0.245 e. The molecule has 34 heavy (non-hydrogen) atoms. The summed E-state index contributed by atoms with van der Waals surface area (Å²) >= 11 is 0. The Morgan fingerprint density at radius 1 is 1.15 bits per heavy atom. The summed E-state index contributed by atoms with van der Waals surface area (Å²) in [5, 5.41) is 10.0. The first-order valence-electron chi connectivity index (χ1n) is 10.9. The van der Waals surface area contributed by atoms with Crippen molar-refractivity contribution in [1.82, 2.24) is 19.9 Å². The normalized spacial score (nSPS) is 15.1. The van der Waals surface area contributed by atoms with Crippen molar-refractivity contribution in [3.05, 3.63) is 91.0 Å². The molecule has 0 bridgehead atoms. The summed E-state index contributed by atoms with van der Waals surface area (Å²) in [7, 11) is 0. The van der Waals surface area contributed by atoms with Gasteiger partial charge in [-0.25, -0.2) is 15.0 Å². The molecule has 1 saturated heterocycles. The molecule has 0 aliphatic carbocycles. The second-order valence-electron chi connectivity index (χ2n) is 8.13. The number of ether oxygens (including phenoxy) is 1. The van der Waals surface area contributed by atoms with E-state index in [1.807, 2.05) is 23.2 Å². The van der Waals surface area contributed by atoms with Crippen molar-refractivity contribution in [2.75, 3.05) is 13.1 Å². The molecule has 7 heteroatoms. The van der Waals surface area contributed by atoms with Crippen LogP contribution in [0.25, 0.3) is 22.0 Å². The van der Waals surface area contributed by atoms with Crippen LogP contribution in [0.1, 0.15) is 23.5 Å². The van der Waals surface area contributed by atoms with E-state index in [1.165, 1.54) is 6.08 Å². The first-order valence-corrected chi connectivity index (χ1v) is 10.9. The van der Waals surface area contributed by atoms with Crippen LogP contribution in [-0.2, 0) is 4.79 Å². The summed E-state index contributed by atoms with van der Waals surface area (Å²) in [5.41, 5.74) is 4.46. The third kappa shape index (κ3) is 4.21. The molecule has 166 valence electrons. The highest BCUT2D eigenvalue weighted by atomic mass is 16.5. The second-order valence-corrected chi connectivity index (χ2v) is 8.13. The van der Waals surface area contributed by atoms with Crippen molar-refractivity contribution in [2.45, 2.75) is 12.3 Å². The van der Waals surface area contributed by atoms with E-state index in [9.17, 15) is 4.79 Å². The van der Waals surface area contributed by atoms with E-state index in [0.717, 1.165) is 34.0 Å². The fourth-order valence-electron chi connectivity index (χ4n) is 4.31. The van der Waals surface area contributed by atoms with E-state index in [4.69, 9.17) is 10.00 Å². The molecule has 1 atom stereocenters. The van der Waals surface area contributed by atoms with Gasteiger partial charge >= 0.3 is 0 Å². The molecule has 0 spiro atoms. The minimum Gasteiger partial charge on any atom is -0.439 e. The van der Waals surface area contributed by atoms with E-state index in [2.05, 4.69) is 33.7 Å². The van der Waals surface area contributed by atoms with Gasteiger partial charge in [-0.1, -0.05) is 12.6 Å². The third-order valence-corrected chi connectivity index (χ3v) is 6.01. The monoisotopic (exact) mass is 447 g/mol. The first kappa shape index (κ1) is 21.3. The average molecular weight is 447 g/mol. The van der Waals surface area contributed by atoms with Crippen LogP contribution in [0.4, 0.5) is 0 Å². The Labute approximate surface area is 197 Å². The topological polar surface area (TPSA) is 92.0 Å². The van der Waals surface area contributed by atoms with E-state index in [0.29, 0.717) is 30.3 Å². The Morgan fingerprint density at radius 3 is 2.85 bits per heavy atom. The number of amides is 1. The Morgan fingerprint density at radius 2 is 2.06 bits per heavy atom. The fraction of sp³-hybridized carbons (Fsp3) is 0.148. The van der Waals surface area contributed by atoms with Crippen LogP contribution in [0.5, 0.6) is 11.6 Å². The molecule has 2 aromatic heterocycles. The average Bonchev–Trinajstić information content (AvgIpc) is 3.38. The number of nitrogens with zero attached hydrogens (tertiary/aromatic N) is 5. The number of carbonyl (C=O) groups is 1. The van der Waals surface area contributed by atoms with Crippen molar-refractivity contribution < 1.29 is 9.53 Å². The Hall–Kier alpha value is -4.57. The molecule has 1 amide bonds. The lowest BCUT2D eigenvalue weighted by Crippen LogP contribution is -2.26. The number of rotatable bonds is 5. The number of aromatic nitrogens is 3. The molecular formula is C27H21N5O2. The Balaban J connectivity index is 1.45. The molecule has 0 radical (unpaired) electrons. The minimum absolute atomic E-state index is 0.0438. The lowest BCUT2D eigenvalue weighted by Gasteiger charge is -2.17. The number of hydrogen-bond donors (Lipinski definition) is 0. The highest BCUT2D eigenvalue weighted by Gasteiger charge is 2.28. The summed E-state index contributed by atoms with van der Waals surface area (Å²) in [6.07, 6.45) is 7.37. The zero-order valence-corrected chi connectivity index (χ0v) is 18.4. The zero-order valence-electron chi connectivity index (χ0n) is 18.4. The lowest BCUT2D eigenvalue weighted by atomic mass is 9.92. The maximum atomic E-state index is 12.1. The summed E-state index contributed by atoms with van der Waals surface area (Å²) in [5.74, 6) is 1.14. The van der Waals surface area contributed by atoms with Gasteiger partial charge in [0.2, 0.25) is 11.8 Å². The number of likely N-dealkylation sites (tertiary alicyclic amines) is 1. The van der Waals surface area contributed by atoms with E-state index < -0.39 is 0 Å². The third-order valence-electron chi connectivity index (χ3n) is 6.01. The molecule has 0 saturated carbocycles. The van der Waals surface area contributed by atoms with Crippen LogP contribution >= 0.6 is 0 Å². The van der Waals surface area contributed by atoms with Gasteiger partial charge in [0.1, 0.15) is 12.1 Å². The van der Waals surface area contributed by atoms with Crippen LogP contribution in [0.2, 0.25) is 0 Å². The van der Waals surface area contributed by atoms with Crippen LogP contribution in [0, 0.1) is 11.3 Å². The molecule has 1 aliphatic heterocycles. The molecule has 7 nitrogen and oxygen atoms in total. The fourth-order valence-corrected chi connectivity index (χ4v) is 4.31. The summed E-state index contributed by atoms with van der Waals surface area (Å²) in [4.78, 5) is 27.1. The predicted molar refractivity (Wildman–Crippen MR) is 128 cm³/mol. The molecule has 4 aromatic rings. The van der Waals surface area contributed by atoms with Gasteiger partial charge in [-0.3, -0.25) is 4.79 Å². The number of benzene rings is 2. The van der Waals surface area contributed by atoms with E-state index in [1.54, 1.807) is 42.9 Å². The van der Waals surface area contributed by atoms with Gasteiger partial charge in [0.25, 0.3) is 0 Å². The molecule has 1 fully saturated rings. The highest BCUT2D eigenvalue weighted by Crippen LogP contribution is 2.35. The molecular weight excluding hydrogens is 426 g/mol. The van der Waals surface area contributed by atoms with E-state index >= 15 is 0 Å². The van der Waals surface area contributed by atoms with Crippen molar-refractivity contribution in [1.29, 1.82) is 5.26 Å². The van der Waals surface area contributed by atoms with E-state index in [-0.39, 0.29) is 11.8 Å². The minimum atomic E-state index is -0.0438. The molecule has 5 rings (SSSR count). The van der Waals surface area contributed by atoms with Crippen molar-refractivity contribution in [3.8, 4) is 28.8 Å². The van der Waals surface area contributed by atoms with Crippen molar-refractivity contribution in [2.24, 2.45) is 0 Å². The highest BCUT2D eigenvalue weighted by molar-refractivity contribution is 5.89. The molecule has 2 aromatic carbocycles. The van der Waals surface area contributed by atoms with Gasteiger partial charge in [0.15, 0.2) is 0 Å². The van der Waals surface area contributed by atoms with Gasteiger partial charge in [-0.15, -0.1) is 0 Å². The van der Waals surface area contributed by atoms with Gasteiger partial charge in [0, 0.05) is 48.4 Å². The quantitative estimate of drug-likeness (QED) is 0.406. The molecule has 1 unspecified atom stereocenters. The zero-order chi connectivity index (χ0) is 23.5. The standard InChI is InChI=1S/C27H21N5O2/c1-2-26(33)32-9-8-20(16-32)24-12-21(11-22-14-29-17-31-27(22)24)19-6-7-25(30-15-19)34-23-5-3-4-18(10-23)13-28/h2-7,10-12,14-15,17,20H,1,8-9,16H2. The molecule has 0 N–H and O–H groups in total. The lowest BCUT2D eigenvalue weighted by molar-refractivity contribution is -0.125. The van der Waals surface area contributed by atoms with Gasteiger partial charge in [-0.2, -0.15) is 5.26 Å². The number of hydrogen-bond acceptors (Lipinski definition) is 6. The van der Waals surface area contributed by atoms with Gasteiger partial charge in [0.05, 0.1) is 17.1 Å². The van der Waals surface area contributed by atoms with Crippen molar-refractivity contribution >= 4 is 16.8 Å². The van der Waals surface area contributed by atoms with Gasteiger partial charge in [-0.05, 0) is 60.0 Å².